The van der Waals surface area contributed by atoms with Crippen molar-refractivity contribution in [1.82, 2.24) is 10.3 Å². The van der Waals surface area contributed by atoms with Crippen molar-refractivity contribution < 1.29 is 4.79 Å². The molecule has 1 fully saturated rings. The number of hydrogen-bond acceptors (Lipinski definition) is 3. The molecule has 1 aromatic heterocycles. The molecule has 0 bridgehead atoms. The third-order valence-electron chi connectivity index (χ3n) is 4.51. The maximum atomic E-state index is 12.0. The van der Waals surface area contributed by atoms with E-state index in [1.54, 1.807) is 11.3 Å². The Kier molecular flexibility index (Phi) is 5.08. The molecule has 1 aromatic carbocycles. The maximum Gasteiger partial charge on any atom is 0.220 e. The van der Waals surface area contributed by atoms with Gasteiger partial charge in [-0.2, -0.15) is 0 Å². The SMILES string of the molecule is CC1CCC(NC(=O)CCCc2nc3ccccc3s2)CC1. The highest BCUT2D eigenvalue weighted by Gasteiger charge is 2.19. The average Bonchev–Trinajstić information content (AvgIpc) is 2.92. The van der Waals surface area contributed by atoms with E-state index in [0.717, 1.165) is 42.1 Å². The zero-order valence-electron chi connectivity index (χ0n) is 13.2. The van der Waals surface area contributed by atoms with Crippen LogP contribution < -0.4 is 5.32 Å². The van der Waals surface area contributed by atoms with Crippen LogP contribution in [0.5, 0.6) is 0 Å². The van der Waals surface area contributed by atoms with E-state index in [1.807, 2.05) is 18.2 Å². The third-order valence-corrected chi connectivity index (χ3v) is 5.61. The Hall–Kier alpha value is -1.42. The van der Waals surface area contributed by atoms with Gasteiger partial charge in [-0.1, -0.05) is 19.1 Å². The van der Waals surface area contributed by atoms with E-state index < -0.39 is 0 Å². The van der Waals surface area contributed by atoms with Gasteiger partial charge in [0.15, 0.2) is 0 Å². The van der Waals surface area contributed by atoms with E-state index in [0.29, 0.717) is 12.5 Å². The van der Waals surface area contributed by atoms with E-state index in [9.17, 15) is 4.79 Å². The number of carbonyl (C=O) groups is 1. The van der Waals surface area contributed by atoms with Gasteiger partial charge in [0.05, 0.1) is 15.2 Å². The predicted molar refractivity (Wildman–Crippen MR) is 92.1 cm³/mol. The molecule has 1 N–H and O–H groups in total. The number of thiazole rings is 1. The van der Waals surface area contributed by atoms with Gasteiger partial charge in [-0.3, -0.25) is 4.79 Å². The summed E-state index contributed by atoms with van der Waals surface area (Å²) in [5, 5.41) is 4.34. The van der Waals surface area contributed by atoms with Crippen LogP contribution in [0.3, 0.4) is 0 Å². The summed E-state index contributed by atoms with van der Waals surface area (Å²) in [6.07, 6.45) is 7.17. The summed E-state index contributed by atoms with van der Waals surface area (Å²) in [6.45, 7) is 2.30. The molecule has 0 saturated heterocycles. The van der Waals surface area contributed by atoms with Crippen LogP contribution >= 0.6 is 11.3 Å². The highest BCUT2D eigenvalue weighted by atomic mass is 32.1. The summed E-state index contributed by atoms with van der Waals surface area (Å²) in [7, 11) is 0. The first-order valence-corrected chi connectivity index (χ1v) is 9.16. The van der Waals surface area contributed by atoms with Gasteiger partial charge in [-0.15, -0.1) is 11.3 Å². The van der Waals surface area contributed by atoms with E-state index in [4.69, 9.17) is 0 Å². The molecule has 0 unspecified atom stereocenters. The Bertz CT molecular complexity index is 596. The van der Waals surface area contributed by atoms with Gasteiger partial charge in [0, 0.05) is 12.5 Å². The number of aromatic nitrogens is 1. The summed E-state index contributed by atoms with van der Waals surface area (Å²) in [5.74, 6) is 1.04. The number of fused-ring (bicyclic) bond motifs is 1. The normalized spacial score (nSPS) is 21.9. The minimum atomic E-state index is 0.209. The minimum Gasteiger partial charge on any atom is -0.353 e. The van der Waals surface area contributed by atoms with Crippen molar-refractivity contribution in [3.8, 4) is 0 Å². The fraction of sp³-hybridized carbons (Fsp3) is 0.556. The molecule has 0 aliphatic heterocycles. The lowest BCUT2D eigenvalue weighted by Gasteiger charge is -2.26. The van der Waals surface area contributed by atoms with Crippen LogP contribution in [0, 0.1) is 5.92 Å². The van der Waals surface area contributed by atoms with Gasteiger partial charge in [0.2, 0.25) is 5.91 Å². The van der Waals surface area contributed by atoms with Crippen LogP contribution in [-0.2, 0) is 11.2 Å². The molecule has 1 aliphatic rings. The number of carbonyl (C=O) groups excluding carboxylic acids is 1. The monoisotopic (exact) mass is 316 g/mol. The molecule has 4 heteroatoms. The lowest BCUT2D eigenvalue weighted by molar-refractivity contribution is -0.122. The summed E-state index contributed by atoms with van der Waals surface area (Å²) in [5.41, 5.74) is 1.07. The summed E-state index contributed by atoms with van der Waals surface area (Å²) >= 11 is 1.74. The van der Waals surface area contributed by atoms with Crippen molar-refractivity contribution in [1.29, 1.82) is 0 Å². The highest BCUT2D eigenvalue weighted by molar-refractivity contribution is 7.18. The topological polar surface area (TPSA) is 42.0 Å². The number of rotatable bonds is 5. The molecule has 3 rings (SSSR count). The minimum absolute atomic E-state index is 0.209. The van der Waals surface area contributed by atoms with Crippen LogP contribution in [0.25, 0.3) is 10.2 Å². The largest absolute Gasteiger partial charge is 0.353 e. The van der Waals surface area contributed by atoms with E-state index in [2.05, 4.69) is 23.3 Å². The second kappa shape index (κ2) is 7.23. The first-order valence-electron chi connectivity index (χ1n) is 8.34. The quantitative estimate of drug-likeness (QED) is 0.893. The van der Waals surface area contributed by atoms with Gasteiger partial charge < -0.3 is 5.32 Å². The fourth-order valence-corrected chi connectivity index (χ4v) is 4.14. The molecule has 1 amide bonds. The van der Waals surface area contributed by atoms with Gasteiger partial charge in [0.25, 0.3) is 0 Å². The highest BCUT2D eigenvalue weighted by Crippen LogP contribution is 2.24. The number of amides is 1. The van der Waals surface area contributed by atoms with Crippen LogP contribution in [0.4, 0.5) is 0 Å². The Labute approximate surface area is 136 Å². The molecule has 1 heterocycles. The van der Waals surface area contributed by atoms with E-state index >= 15 is 0 Å². The lowest BCUT2D eigenvalue weighted by atomic mass is 9.87. The Morgan fingerprint density at radius 1 is 1.27 bits per heavy atom. The second-order valence-corrected chi connectivity index (χ2v) is 7.57. The average molecular weight is 316 g/mol. The number of nitrogens with zero attached hydrogens (tertiary/aromatic N) is 1. The molecular formula is C18H24N2OS. The summed E-state index contributed by atoms with van der Waals surface area (Å²) in [6, 6.07) is 8.62. The van der Waals surface area contributed by atoms with Crippen molar-refractivity contribution in [3.63, 3.8) is 0 Å². The molecule has 3 nitrogen and oxygen atoms in total. The number of para-hydroxylation sites is 1. The number of benzene rings is 1. The van der Waals surface area contributed by atoms with Crippen molar-refractivity contribution in [3.05, 3.63) is 29.3 Å². The standard InChI is InChI=1S/C18H24N2OS/c1-13-9-11-14(12-10-13)19-17(21)7-4-8-18-20-15-5-2-3-6-16(15)22-18/h2-3,5-6,13-14H,4,7-12H2,1H3,(H,19,21). The zero-order chi connectivity index (χ0) is 15.4. The lowest BCUT2D eigenvalue weighted by Crippen LogP contribution is -2.37. The smallest absolute Gasteiger partial charge is 0.220 e. The Balaban J connectivity index is 1.41. The van der Waals surface area contributed by atoms with Crippen molar-refractivity contribution >= 4 is 27.5 Å². The summed E-state index contributed by atoms with van der Waals surface area (Å²) in [4.78, 5) is 16.6. The molecule has 0 atom stereocenters. The number of aryl methyl sites for hydroxylation is 1. The number of nitrogens with one attached hydrogen (secondary N) is 1. The van der Waals surface area contributed by atoms with Crippen molar-refractivity contribution in [2.24, 2.45) is 5.92 Å². The van der Waals surface area contributed by atoms with Gasteiger partial charge >= 0.3 is 0 Å². The van der Waals surface area contributed by atoms with Crippen molar-refractivity contribution in [2.75, 3.05) is 0 Å². The van der Waals surface area contributed by atoms with Crippen LogP contribution in [0.2, 0.25) is 0 Å². The molecule has 1 saturated carbocycles. The number of hydrogen-bond donors (Lipinski definition) is 1. The zero-order valence-corrected chi connectivity index (χ0v) is 14.0. The first kappa shape index (κ1) is 15.5. The van der Waals surface area contributed by atoms with E-state index in [1.165, 1.54) is 17.5 Å². The molecule has 0 spiro atoms. The van der Waals surface area contributed by atoms with Gasteiger partial charge in [-0.25, -0.2) is 4.98 Å². The molecular weight excluding hydrogens is 292 g/mol. The second-order valence-electron chi connectivity index (χ2n) is 6.45. The Morgan fingerprint density at radius 3 is 2.82 bits per heavy atom. The molecule has 2 aromatic rings. The molecule has 22 heavy (non-hydrogen) atoms. The molecule has 118 valence electrons. The Morgan fingerprint density at radius 2 is 2.05 bits per heavy atom. The fourth-order valence-electron chi connectivity index (χ4n) is 3.13. The predicted octanol–water partition coefficient (Wildman–Crippen LogP) is 4.31. The van der Waals surface area contributed by atoms with Crippen LogP contribution in [-0.4, -0.2) is 16.9 Å². The third kappa shape index (κ3) is 4.07. The van der Waals surface area contributed by atoms with Crippen LogP contribution in [0.15, 0.2) is 24.3 Å². The summed E-state index contributed by atoms with van der Waals surface area (Å²) < 4.78 is 1.23. The van der Waals surface area contributed by atoms with Gasteiger partial charge in [-0.05, 0) is 56.6 Å². The first-order chi connectivity index (χ1) is 10.7. The van der Waals surface area contributed by atoms with Gasteiger partial charge in [0.1, 0.15) is 0 Å². The maximum absolute atomic E-state index is 12.0. The van der Waals surface area contributed by atoms with E-state index in [-0.39, 0.29) is 5.91 Å². The van der Waals surface area contributed by atoms with Crippen molar-refractivity contribution in [2.45, 2.75) is 57.9 Å². The molecule has 0 radical (unpaired) electrons. The van der Waals surface area contributed by atoms with Crippen LogP contribution in [0.1, 0.15) is 50.5 Å². The molecule has 1 aliphatic carbocycles.